The number of likely N-dealkylation sites (tertiary alicyclic amines) is 1. The summed E-state index contributed by atoms with van der Waals surface area (Å²) in [4.78, 5) is 26.4. The number of benzene rings is 1. The van der Waals surface area contributed by atoms with Gasteiger partial charge in [-0.3, -0.25) is 4.79 Å². The summed E-state index contributed by atoms with van der Waals surface area (Å²) in [6, 6.07) is 6.17. The van der Waals surface area contributed by atoms with Gasteiger partial charge in [-0.15, -0.1) is 0 Å². The number of ether oxygens (including phenoxy) is 2. The standard InChI is InChI=1S/C20H28N2O5/c1-2-26-10-11-27-16-5-3-4-15(12-16)18(23)22-14-20(6-8-21-9-7-20)13-17(22)19(24)25/h3-5,12,17,21H,2,6-11,13-14H2,1H3,(H,24,25)/t17-/m1/s1. The lowest BCUT2D eigenvalue weighted by Gasteiger charge is -2.33. The van der Waals surface area contributed by atoms with Crippen LogP contribution in [0.25, 0.3) is 0 Å². The predicted molar refractivity (Wildman–Crippen MR) is 100 cm³/mol. The summed E-state index contributed by atoms with van der Waals surface area (Å²) in [5.41, 5.74) is 0.372. The van der Waals surface area contributed by atoms with Gasteiger partial charge in [0.15, 0.2) is 0 Å². The highest BCUT2D eigenvalue weighted by molar-refractivity contribution is 5.97. The summed E-state index contributed by atoms with van der Waals surface area (Å²) in [6.07, 6.45) is 2.34. The summed E-state index contributed by atoms with van der Waals surface area (Å²) in [7, 11) is 0. The lowest BCUT2D eigenvalue weighted by molar-refractivity contribution is -0.141. The molecule has 1 aromatic rings. The normalized spacial score (nSPS) is 21.4. The number of carbonyl (C=O) groups excluding carboxylic acids is 1. The molecule has 0 radical (unpaired) electrons. The maximum atomic E-state index is 13.1. The van der Waals surface area contributed by atoms with Crippen LogP contribution in [0.4, 0.5) is 0 Å². The number of nitrogens with zero attached hydrogens (tertiary/aromatic N) is 1. The van der Waals surface area contributed by atoms with E-state index in [2.05, 4.69) is 5.32 Å². The van der Waals surface area contributed by atoms with Crippen molar-refractivity contribution in [2.24, 2.45) is 5.41 Å². The van der Waals surface area contributed by atoms with Gasteiger partial charge in [0.25, 0.3) is 5.91 Å². The molecule has 2 N–H and O–H groups in total. The molecule has 1 atom stereocenters. The van der Waals surface area contributed by atoms with Crippen molar-refractivity contribution in [1.29, 1.82) is 0 Å². The molecule has 2 fully saturated rings. The zero-order chi connectivity index (χ0) is 19.3. The van der Waals surface area contributed by atoms with Crippen molar-refractivity contribution >= 4 is 11.9 Å². The first-order chi connectivity index (χ1) is 13.0. The molecule has 0 aromatic heterocycles. The van der Waals surface area contributed by atoms with Crippen LogP contribution in [-0.4, -0.2) is 67.4 Å². The van der Waals surface area contributed by atoms with Crippen LogP contribution in [0.15, 0.2) is 24.3 Å². The second-order valence-electron chi connectivity index (χ2n) is 7.31. The highest BCUT2D eigenvalue weighted by atomic mass is 16.5. The lowest BCUT2D eigenvalue weighted by atomic mass is 9.77. The highest BCUT2D eigenvalue weighted by Crippen LogP contribution is 2.42. The smallest absolute Gasteiger partial charge is 0.326 e. The Kier molecular flexibility index (Phi) is 6.34. The van der Waals surface area contributed by atoms with Crippen LogP contribution in [-0.2, 0) is 9.53 Å². The van der Waals surface area contributed by atoms with Crippen molar-refractivity contribution in [1.82, 2.24) is 10.2 Å². The van der Waals surface area contributed by atoms with E-state index in [9.17, 15) is 14.7 Å². The first kappa shape index (κ1) is 19.6. The molecule has 148 valence electrons. The topological polar surface area (TPSA) is 88.1 Å². The minimum absolute atomic E-state index is 0.0877. The zero-order valence-corrected chi connectivity index (χ0v) is 15.8. The Balaban J connectivity index is 1.72. The summed E-state index contributed by atoms with van der Waals surface area (Å²) in [5, 5.41) is 13.0. The fourth-order valence-corrected chi connectivity index (χ4v) is 4.06. The van der Waals surface area contributed by atoms with Gasteiger partial charge in [-0.05, 0) is 62.9 Å². The van der Waals surface area contributed by atoms with Crippen molar-refractivity contribution in [3.63, 3.8) is 0 Å². The Hall–Kier alpha value is -2.12. The molecule has 0 saturated carbocycles. The van der Waals surface area contributed by atoms with Gasteiger partial charge in [-0.2, -0.15) is 0 Å². The number of piperidine rings is 1. The van der Waals surface area contributed by atoms with E-state index in [4.69, 9.17) is 9.47 Å². The molecule has 7 heteroatoms. The van der Waals surface area contributed by atoms with Crippen molar-refractivity contribution in [3.8, 4) is 5.75 Å². The molecular formula is C20H28N2O5. The van der Waals surface area contributed by atoms with Crippen LogP contribution in [0.1, 0.15) is 36.5 Å². The number of amides is 1. The average molecular weight is 376 g/mol. The molecule has 0 bridgehead atoms. The van der Waals surface area contributed by atoms with E-state index in [0.29, 0.717) is 44.1 Å². The third kappa shape index (κ3) is 4.59. The van der Waals surface area contributed by atoms with E-state index in [1.54, 1.807) is 24.3 Å². The minimum atomic E-state index is -0.928. The second kappa shape index (κ2) is 8.71. The van der Waals surface area contributed by atoms with Gasteiger partial charge in [0.1, 0.15) is 18.4 Å². The minimum Gasteiger partial charge on any atom is -0.491 e. The zero-order valence-electron chi connectivity index (χ0n) is 15.8. The molecule has 7 nitrogen and oxygen atoms in total. The molecule has 1 spiro atoms. The molecule has 0 aliphatic carbocycles. The number of carboxylic acid groups (broad SMARTS) is 1. The highest BCUT2D eigenvalue weighted by Gasteiger charge is 2.49. The van der Waals surface area contributed by atoms with Crippen molar-refractivity contribution in [2.45, 2.75) is 32.2 Å². The molecule has 3 rings (SSSR count). The number of carboxylic acids is 1. The molecular weight excluding hydrogens is 348 g/mol. The number of hydrogen-bond acceptors (Lipinski definition) is 5. The summed E-state index contributed by atoms with van der Waals surface area (Å²) >= 11 is 0. The number of carbonyl (C=O) groups is 2. The molecule has 1 amide bonds. The third-order valence-electron chi connectivity index (χ3n) is 5.50. The molecule has 27 heavy (non-hydrogen) atoms. The Bertz CT molecular complexity index is 672. The van der Waals surface area contributed by atoms with Gasteiger partial charge >= 0.3 is 5.97 Å². The molecule has 1 aromatic carbocycles. The Morgan fingerprint density at radius 2 is 2.07 bits per heavy atom. The van der Waals surface area contributed by atoms with E-state index in [1.165, 1.54) is 4.90 Å². The first-order valence-corrected chi connectivity index (χ1v) is 9.60. The van der Waals surface area contributed by atoms with Gasteiger partial charge in [0.2, 0.25) is 0 Å². The molecule has 2 heterocycles. The van der Waals surface area contributed by atoms with Crippen LogP contribution < -0.4 is 10.1 Å². The van der Waals surface area contributed by atoms with Gasteiger partial charge in [-0.1, -0.05) is 6.07 Å². The van der Waals surface area contributed by atoms with E-state index < -0.39 is 12.0 Å². The largest absolute Gasteiger partial charge is 0.491 e. The SMILES string of the molecule is CCOCCOc1cccc(C(=O)N2CC3(CCNCC3)C[C@@H]2C(=O)O)c1. The maximum absolute atomic E-state index is 13.1. The Morgan fingerprint density at radius 1 is 1.30 bits per heavy atom. The quantitative estimate of drug-likeness (QED) is 0.705. The fraction of sp³-hybridized carbons (Fsp3) is 0.600. The second-order valence-corrected chi connectivity index (χ2v) is 7.31. The van der Waals surface area contributed by atoms with Crippen LogP contribution in [0, 0.1) is 5.41 Å². The van der Waals surface area contributed by atoms with Crippen LogP contribution >= 0.6 is 0 Å². The number of hydrogen-bond donors (Lipinski definition) is 2. The summed E-state index contributed by atoms with van der Waals surface area (Å²) in [6.45, 7) is 5.69. The monoisotopic (exact) mass is 376 g/mol. The van der Waals surface area contributed by atoms with Crippen molar-refractivity contribution < 1.29 is 24.2 Å². The predicted octanol–water partition coefficient (Wildman–Crippen LogP) is 1.77. The van der Waals surface area contributed by atoms with Gasteiger partial charge in [0.05, 0.1) is 6.61 Å². The summed E-state index contributed by atoms with van der Waals surface area (Å²) < 4.78 is 10.9. The Labute approximate surface area is 159 Å². The van der Waals surface area contributed by atoms with Crippen LogP contribution in [0.5, 0.6) is 5.75 Å². The van der Waals surface area contributed by atoms with Crippen molar-refractivity contribution in [2.75, 3.05) is 39.5 Å². The molecule has 2 aliphatic heterocycles. The van der Waals surface area contributed by atoms with E-state index in [-0.39, 0.29) is 11.3 Å². The van der Waals surface area contributed by atoms with E-state index in [1.807, 2.05) is 6.92 Å². The number of nitrogens with one attached hydrogen (secondary N) is 1. The molecule has 0 unspecified atom stereocenters. The fourth-order valence-electron chi connectivity index (χ4n) is 4.06. The third-order valence-corrected chi connectivity index (χ3v) is 5.50. The summed E-state index contributed by atoms with van der Waals surface area (Å²) in [5.74, 6) is -0.584. The van der Waals surface area contributed by atoms with E-state index in [0.717, 1.165) is 25.9 Å². The van der Waals surface area contributed by atoms with Crippen LogP contribution in [0.2, 0.25) is 0 Å². The number of rotatable bonds is 7. The van der Waals surface area contributed by atoms with Crippen molar-refractivity contribution in [3.05, 3.63) is 29.8 Å². The molecule has 2 aliphatic rings. The lowest BCUT2D eigenvalue weighted by Crippen LogP contribution is -2.41. The van der Waals surface area contributed by atoms with Gasteiger partial charge in [0, 0.05) is 18.7 Å². The van der Waals surface area contributed by atoms with Gasteiger partial charge in [-0.25, -0.2) is 4.79 Å². The van der Waals surface area contributed by atoms with E-state index >= 15 is 0 Å². The maximum Gasteiger partial charge on any atom is 0.326 e. The van der Waals surface area contributed by atoms with Gasteiger partial charge < -0.3 is 24.8 Å². The number of aliphatic carboxylic acids is 1. The van der Waals surface area contributed by atoms with Crippen LogP contribution in [0.3, 0.4) is 0 Å². The first-order valence-electron chi connectivity index (χ1n) is 9.60. The molecule has 2 saturated heterocycles. The average Bonchev–Trinajstić information content (AvgIpc) is 3.05. The Morgan fingerprint density at radius 3 is 2.78 bits per heavy atom.